The fourth-order valence-electron chi connectivity index (χ4n) is 3.14. The molecule has 166 valence electrons. The van der Waals surface area contributed by atoms with Crippen LogP contribution in [0, 0.1) is 5.82 Å². The number of nitrogens with zero attached hydrogens (tertiary/aromatic N) is 3. The number of para-hydroxylation sites is 1. The number of carbonyl (C=O) groups excluding carboxylic acids is 2. The molecule has 33 heavy (non-hydrogen) atoms. The molecule has 0 radical (unpaired) electrons. The maximum absolute atomic E-state index is 13.0. The summed E-state index contributed by atoms with van der Waals surface area (Å²) < 4.78 is 14.5. The first kappa shape index (κ1) is 22.2. The Labute approximate surface area is 194 Å². The number of aromatic nitrogens is 3. The number of hydrogen-bond donors (Lipinski definition) is 2. The third-order valence-corrected chi connectivity index (χ3v) is 5.27. The highest BCUT2D eigenvalue weighted by atomic mass is 35.5. The SMILES string of the molecule is CC(NC(=O)c1cn(-c2ccccc2Cl)nn1)c1ccc(NC(=O)c2ccc(F)cc2)cc1. The molecule has 1 unspecified atom stereocenters. The van der Waals surface area contributed by atoms with Crippen molar-refractivity contribution in [3.05, 3.63) is 107 Å². The monoisotopic (exact) mass is 463 g/mol. The van der Waals surface area contributed by atoms with Gasteiger partial charge in [-0.25, -0.2) is 9.07 Å². The smallest absolute Gasteiger partial charge is 0.273 e. The molecule has 0 saturated carbocycles. The van der Waals surface area contributed by atoms with Gasteiger partial charge in [0.1, 0.15) is 5.82 Å². The average Bonchev–Trinajstić information content (AvgIpc) is 3.30. The zero-order valence-corrected chi connectivity index (χ0v) is 18.3. The van der Waals surface area contributed by atoms with Crippen molar-refractivity contribution < 1.29 is 14.0 Å². The topological polar surface area (TPSA) is 88.9 Å². The van der Waals surface area contributed by atoms with Gasteiger partial charge >= 0.3 is 0 Å². The molecular weight excluding hydrogens is 445 g/mol. The standard InChI is InChI=1S/C24H19ClFN5O2/c1-15(27-24(33)21-14-31(30-29-21)22-5-3-2-4-20(22)25)16-8-12-19(13-9-16)28-23(32)17-6-10-18(26)11-7-17/h2-15H,1H3,(H,27,33)(H,28,32). The molecular formula is C24H19ClFN5O2. The molecule has 0 aliphatic rings. The van der Waals surface area contributed by atoms with Crippen molar-refractivity contribution in [2.45, 2.75) is 13.0 Å². The van der Waals surface area contributed by atoms with Crippen LogP contribution < -0.4 is 10.6 Å². The molecule has 0 spiro atoms. The van der Waals surface area contributed by atoms with Crippen LogP contribution in [0.2, 0.25) is 5.02 Å². The number of halogens is 2. The number of amides is 2. The number of rotatable bonds is 6. The lowest BCUT2D eigenvalue weighted by Crippen LogP contribution is -2.27. The zero-order chi connectivity index (χ0) is 23.4. The summed E-state index contributed by atoms with van der Waals surface area (Å²) in [5.74, 6) is -1.13. The Morgan fingerprint density at radius 3 is 2.36 bits per heavy atom. The molecule has 0 aliphatic heterocycles. The van der Waals surface area contributed by atoms with E-state index in [1.165, 1.54) is 35.1 Å². The largest absolute Gasteiger partial charge is 0.344 e. The van der Waals surface area contributed by atoms with E-state index in [2.05, 4.69) is 20.9 Å². The first-order valence-corrected chi connectivity index (χ1v) is 10.4. The van der Waals surface area contributed by atoms with Gasteiger partial charge in [0.15, 0.2) is 5.69 Å². The Bertz CT molecular complexity index is 1290. The summed E-state index contributed by atoms with van der Waals surface area (Å²) in [6.45, 7) is 1.84. The highest BCUT2D eigenvalue weighted by Gasteiger charge is 2.16. The average molecular weight is 464 g/mol. The molecule has 1 heterocycles. The normalized spacial score (nSPS) is 11.6. The molecule has 0 saturated heterocycles. The van der Waals surface area contributed by atoms with E-state index in [0.29, 0.717) is 22.0 Å². The van der Waals surface area contributed by atoms with E-state index in [9.17, 15) is 14.0 Å². The minimum absolute atomic E-state index is 0.157. The van der Waals surface area contributed by atoms with Crippen molar-refractivity contribution in [3.8, 4) is 5.69 Å². The first-order chi connectivity index (χ1) is 15.9. The summed E-state index contributed by atoms with van der Waals surface area (Å²) in [6.07, 6.45) is 1.51. The number of hydrogen-bond acceptors (Lipinski definition) is 4. The van der Waals surface area contributed by atoms with E-state index >= 15 is 0 Å². The van der Waals surface area contributed by atoms with Crippen molar-refractivity contribution in [2.75, 3.05) is 5.32 Å². The van der Waals surface area contributed by atoms with Crippen molar-refractivity contribution >= 4 is 29.1 Å². The maximum Gasteiger partial charge on any atom is 0.273 e. The molecule has 1 aromatic heterocycles. The third-order valence-electron chi connectivity index (χ3n) is 4.95. The van der Waals surface area contributed by atoms with Crippen LogP contribution in [0.5, 0.6) is 0 Å². The number of nitrogens with one attached hydrogen (secondary N) is 2. The predicted octanol–water partition coefficient (Wildman–Crippen LogP) is 4.80. The van der Waals surface area contributed by atoms with Gasteiger partial charge in [-0.2, -0.15) is 0 Å². The summed E-state index contributed by atoms with van der Waals surface area (Å²) in [4.78, 5) is 24.9. The lowest BCUT2D eigenvalue weighted by atomic mass is 10.1. The summed E-state index contributed by atoms with van der Waals surface area (Å²) in [7, 11) is 0. The molecule has 0 bridgehead atoms. The van der Waals surface area contributed by atoms with Crippen LogP contribution in [0.3, 0.4) is 0 Å². The number of benzene rings is 3. The predicted molar refractivity (Wildman–Crippen MR) is 123 cm³/mol. The molecule has 0 aliphatic carbocycles. The van der Waals surface area contributed by atoms with Gasteiger partial charge < -0.3 is 10.6 Å². The molecule has 2 N–H and O–H groups in total. The summed E-state index contributed by atoms with van der Waals surface area (Å²) in [5.41, 5.74) is 2.55. The first-order valence-electron chi connectivity index (χ1n) is 10.1. The lowest BCUT2D eigenvalue weighted by Gasteiger charge is -2.14. The second-order valence-corrected chi connectivity index (χ2v) is 7.69. The minimum Gasteiger partial charge on any atom is -0.344 e. The van der Waals surface area contributed by atoms with Crippen LogP contribution in [0.15, 0.2) is 79.0 Å². The molecule has 4 aromatic rings. The molecule has 3 aromatic carbocycles. The van der Waals surface area contributed by atoms with Gasteiger partial charge in [0.05, 0.1) is 22.9 Å². The molecule has 1 atom stereocenters. The van der Waals surface area contributed by atoms with E-state index in [0.717, 1.165) is 5.56 Å². The van der Waals surface area contributed by atoms with Crippen LogP contribution >= 0.6 is 11.6 Å². The Kier molecular flexibility index (Phi) is 6.46. The minimum atomic E-state index is -0.404. The Morgan fingerprint density at radius 2 is 1.67 bits per heavy atom. The van der Waals surface area contributed by atoms with E-state index < -0.39 is 5.82 Å². The summed E-state index contributed by atoms with van der Waals surface area (Å²) in [6, 6.07) is 19.2. The van der Waals surface area contributed by atoms with Crippen molar-refractivity contribution in [1.29, 1.82) is 0 Å². The van der Waals surface area contributed by atoms with Crippen LogP contribution in [0.1, 0.15) is 39.4 Å². The maximum atomic E-state index is 13.0. The summed E-state index contributed by atoms with van der Waals surface area (Å²) in [5, 5.41) is 14.0. The third kappa shape index (κ3) is 5.24. The van der Waals surface area contributed by atoms with Crippen LogP contribution in [0.25, 0.3) is 5.69 Å². The number of carbonyl (C=O) groups is 2. The van der Waals surface area contributed by atoms with E-state index in [4.69, 9.17) is 11.6 Å². The van der Waals surface area contributed by atoms with Crippen LogP contribution in [-0.4, -0.2) is 26.8 Å². The van der Waals surface area contributed by atoms with Gasteiger partial charge in [-0.3, -0.25) is 9.59 Å². The molecule has 0 fully saturated rings. The Balaban J connectivity index is 1.38. The molecule has 4 rings (SSSR count). The van der Waals surface area contributed by atoms with Gasteiger partial charge in [-0.1, -0.05) is 41.1 Å². The van der Waals surface area contributed by atoms with E-state index in [1.54, 1.807) is 42.5 Å². The quantitative estimate of drug-likeness (QED) is 0.429. The van der Waals surface area contributed by atoms with Crippen LogP contribution in [0.4, 0.5) is 10.1 Å². The fourth-order valence-corrected chi connectivity index (χ4v) is 3.36. The van der Waals surface area contributed by atoms with Crippen molar-refractivity contribution in [2.24, 2.45) is 0 Å². The highest BCUT2D eigenvalue weighted by Crippen LogP contribution is 2.20. The van der Waals surface area contributed by atoms with E-state index in [1.807, 2.05) is 13.0 Å². The molecule has 7 nitrogen and oxygen atoms in total. The van der Waals surface area contributed by atoms with E-state index in [-0.39, 0.29) is 23.6 Å². The fraction of sp³-hybridized carbons (Fsp3) is 0.0833. The highest BCUT2D eigenvalue weighted by molar-refractivity contribution is 6.32. The van der Waals surface area contributed by atoms with Crippen molar-refractivity contribution in [3.63, 3.8) is 0 Å². The lowest BCUT2D eigenvalue weighted by molar-refractivity contribution is 0.0934. The second-order valence-electron chi connectivity index (χ2n) is 7.28. The second kappa shape index (κ2) is 9.62. The zero-order valence-electron chi connectivity index (χ0n) is 17.5. The van der Waals surface area contributed by atoms with Crippen molar-refractivity contribution in [1.82, 2.24) is 20.3 Å². The van der Waals surface area contributed by atoms with Gasteiger partial charge in [0.2, 0.25) is 0 Å². The Morgan fingerprint density at radius 1 is 0.970 bits per heavy atom. The van der Waals surface area contributed by atoms with Gasteiger partial charge in [-0.05, 0) is 61.0 Å². The van der Waals surface area contributed by atoms with Gasteiger partial charge in [0, 0.05) is 11.3 Å². The van der Waals surface area contributed by atoms with Crippen LogP contribution in [-0.2, 0) is 0 Å². The van der Waals surface area contributed by atoms with Gasteiger partial charge in [0.25, 0.3) is 11.8 Å². The Hall–Kier alpha value is -4.04. The molecule has 9 heteroatoms. The summed E-state index contributed by atoms with van der Waals surface area (Å²) >= 11 is 6.17. The number of anilines is 1. The molecule has 2 amide bonds. The van der Waals surface area contributed by atoms with Gasteiger partial charge in [-0.15, -0.1) is 5.10 Å².